The predicted molar refractivity (Wildman–Crippen MR) is 97.4 cm³/mol. The number of nitrogens with zero attached hydrogens (tertiary/aromatic N) is 2. The van der Waals surface area contributed by atoms with E-state index in [-0.39, 0.29) is 0 Å². The van der Waals surface area contributed by atoms with Crippen LogP contribution in [0.3, 0.4) is 0 Å². The molecule has 0 radical (unpaired) electrons. The Kier molecular flexibility index (Phi) is 3.62. The summed E-state index contributed by atoms with van der Waals surface area (Å²) in [4.78, 5) is 7.16. The Bertz CT molecular complexity index is 876. The van der Waals surface area contributed by atoms with E-state index < -0.39 is 0 Å². The van der Waals surface area contributed by atoms with Crippen LogP contribution in [0.2, 0.25) is 0 Å². The van der Waals surface area contributed by atoms with Crippen LogP contribution in [0.15, 0.2) is 70.4 Å². The molecule has 0 aliphatic rings. The minimum atomic E-state index is 0.872. The van der Waals surface area contributed by atoms with Crippen molar-refractivity contribution in [2.45, 2.75) is 5.03 Å². The van der Waals surface area contributed by atoms with Gasteiger partial charge in [0.1, 0.15) is 10.7 Å². The molecule has 5 heteroatoms. The number of hydrogen-bond donors (Lipinski definition) is 1. The van der Waals surface area contributed by atoms with Crippen LogP contribution in [-0.2, 0) is 0 Å². The lowest BCUT2D eigenvalue weighted by Crippen LogP contribution is -1.96. The minimum absolute atomic E-state index is 0.872. The summed E-state index contributed by atoms with van der Waals surface area (Å²) in [6, 6.07) is 18.5. The molecule has 2 nitrogen and oxygen atoms in total. The Labute approximate surface area is 142 Å². The number of imidazole rings is 1. The predicted octanol–water partition coefficient (Wildman–Crippen LogP) is 5.62. The molecule has 1 aromatic carbocycles. The first-order chi connectivity index (χ1) is 10.8. The number of hydrogen-bond acceptors (Lipinski definition) is 4. The Morgan fingerprint density at radius 2 is 1.50 bits per heavy atom. The van der Waals surface area contributed by atoms with Crippen molar-refractivity contribution in [3.8, 4) is 27.0 Å². The van der Waals surface area contributed by atoms with E-state index in [1.165, 1.54) is 0 Å². The van der Waals surface area contributed by atoms with Crippen LogP contribution < -0.4 is 0 Å². The number of thiophene rings is 2. The quantitative estimate of drug-likeness (QED) is 0.479. The largest absolute Gasteiger partial charge is 0.286 e. The third-order valence-electron chi connectivity index (χ3n) is 3.36. The third kappa shape index (κ3) is 2.31. The average molecular weight is 340 g/mol. The zero-order chi connectivity index (χ0) is 14.9. The number of benzene rings is 1. The first-order valence-corrected chi connectivity index (χ1v) is 9.00. The van der Waals surface area contributed by atoms with Crippen molar-refractivity contribution in [1.29, 1.82) is 0 Å². The highest BCUT2D eigenvalue weighted by atomic mass is 32.1. The van der Waals surface area contributed by atoms with Crippen molar-refractivity contribution in [2.75, 3.05) is 0 Å². The molecule has 0 unspecified atom stereocenters. The molecule has 108 valence electrons. The standard InChI is InChI=1S/C17H12N2S3/c20-17-15(13-8-4-10-21-13)18-16(14-9-5-11-22-14)19(17)12-6-2-1-3-7-12/h1-11,20H. The topological polar surface area (TPSA) is 17.8 Å². The van der Waals surface area contributed by atoms with Crippen LogP contribution in [0.25, 0.3) is 27.0 Å². The van der Waals surface area contributed by atoms with Crippen molar-refractivity contribution in [3.63, 3.8) is 0 Å². The second kappa shape index (κ2) is 5.76. The highest BCUT2D eigenvalue weighted by molar-refractivity contribution is 7.80. The second-order valence-electron chi connectivity index (χ2n) is 4.73. The van der Waals surface area contributed by atoms with Crippen molar-refractivity contribution in [1.82, 2.24) is 9.55 Å². The Hall–Kier alpha value is -1.82. The van der Waals surface area contributed by atoms with Gasteiger partial charge in [-0.1, -0.05) is 30.3 Å². The first-order valence-electron chi connectivity index (χ1n) is 6.79. The SMILES string of the molecule is Sc1c(-c2cccs2)nc(-c2cccs2)n1-c1ccccc1. The van der Waals surface area contributed by atoms with Crippen LogP contribution in [-0.4, -0.2) is 9.55 Å². The lowest BCUT2D eigenvalue weighted by molar-refractivity contribution is 0.970. The van der Waals surface area contributed by atoms with Gasteiger partial charge in [0.2, 0.25) is 0 Å². The van der Waals surface area contributed by atoms with E-state index in [4.69, 9.17) is 17.6 Å². The molecule has 0 aliphatic heterocycles. The van der Waals surface area contributed by atoms with E-state index in [0.717, 1.165) is 32.0 Å². The molecular formula is C17H12N2S3. The monoisotopic (exact) mass is 340 g/mol. The van der Waals surface area contributed by atoms with E-state index in [2.05, 4.69) is 39.6 Å². The van der Waals surface area contributed by atoms with Gasteiger partial charge in [0.25, 0.3) is 0 Å². The van der Waals surface area contributed by atoms with Crippen LogP contribution in [0, 0.1) is 0 Å². The van der Waals surface area contributed by atoms with Gasteiger partial charge in [-0.05, 0) is 35.0 Å². The summed E-state index contributed by atoms with van der Waals surface area (Å²) in [6.45, 7) is 0. The molecule has 0 bridgehead atoms. The summed E-state index contributed by atoms with van der Waals surface area (Å²) >= 11 is 8.15. The molecule has 0 aliphatic carbocycles. The maximum Gasteiger partial charge on any atom is 0.156 e. The molecule has 0 spiro atoms. The van der Waals surface area contributed by atoms with Gasteiger partial charge in [-0.3, -0.25) is 4.57 Å². The molecule has 3 aromatic heterocycles. The van der Waals surface area contributed by atoms with E-state index in [1.807, 2.05) is 30.3 Å². The molecule has 22 heavy (non-hydrogen) atoms. The molecule has 0 amide bonds. The van der Waals surface area contributed by atoms with E-state index in [0.29, 0.717) is 0 Å². The van der Waals surface area contributed by atoms with Gasteiger partial charge in [0, 0.05) is 5.69 Å². The Morgan fingerprint density at radius 1 is 0.818 bits per heavy atom. The van der Waals surface area contributed by atoms with Gasteiger partial charge in [-0.25, -0.2) is 4.98 Å². The second-order valence-corrected chi connectivity index (χ2v) is 7.05. The Morgan fingerprint density at radius 3 is 2.14 bits per heavy atom. The van der Waals surface area contributed by atoms with Crippen molar-refractivity contribution >= 4 is 35.3 Å². The summed E-state index contributed by atoms with van der Waals surface area (Å²) < 4.78 is 2.12. The van der Waals surface area contributed by atoms with Gasteiger partial charge in [-0.15, -0.1) is 35.3 Å². The van der Waals surface area contributed by atoms with Gasteiger partial charge in [0.05, 0.1) is 9.75 Å². The lowest BCUT2D eigenvalue weighted by atomic mass is 10.3. The molecule has 4 rings (SSSR count). The molecule has 0 atom stereocenters. The summed E-state index contributed by atoms with van der Waals surface area (Å²) in [6.07, 6.45) is 0. The van der Waals surface area contributed by atoms with Crippen LogP contribution in [0.4, 0.5) is 0 Å². The normalized spacial score (nSPS) is 11.0. The summed E-state index contributed by atoms with van der Waals surface area (Å²) in [5.74, 6) is 0.939. The van der Waals surface area contributed by atoms with Gasteiger partial charge in [-0.2, -0.15) is 0 Å². The van der Waals surface area contributed by atoms with Crippen molar-refractivity contribution in [2.24, 2.45) is 0 Å². The fourth-order valence-electron chi connectivity index (χ4n) is 2.38. The minimum Gasteiger partial charge on any atom is -0.286 e. The highest BCUT2D eigenvalue weighted by Gasteiger charge is 2.19. The summed E-state index contributed by atoms with van der Waals surface area (Å²) in [7, 11) is 0. The number of aromatic nitrogens is 2. The van der Waals surface area contributed by atoms with Gasteiger partial charge < -0.3 is 0 Å². The highest BCUT2D eigenvalue weighted by Crippen LogP contribution is 2.37. The van der Waals surface area contributed by atoms with Crippen LogP contribution >= 0.6 is 35.3 Å². The maximum atomic E-state index is 4.88. The smallest absolute Gasteiger partial charge is 0.156 e. The van der Waals surface area contributed by atoms with Crippen molar-refractivity contribution in [3.05, 3.63) is 65.4 Å². The zero-order valence-corrected chi connectivity index (χ0v) is 14.0. The third-order valence-corrected chi connectivity index (χ3v) is 5.52. The van der Waals surface area contributed by atoms with Gasteiger partial charge >= 0.3 is 0 Å². The van der Waals surface area contributed by atoms with Crippen LogP contribution in [0.1, 0.15) is 0 Å². The fraction of sp³-hybridized carbons (Fsp3) is 0. The van der Waals surface area contributed by atoms with Crippen LogP contribution in [0.5, 0.6) is 0 Å². The average Bonchev–Trinajstić information content (AvgIpc) is 3.28. The van der Waals surface area contributed by atoms with Crippen molar-refractivity contribution < 1.29 is 0 Å². The summed E-state index contributed by atoms with van der Waals surface area (Å²) in [5, 5.41) is 5.01. The molecule has 0 saturated carbocycles. The Balaban J connectivity index is 1.99. The molecule has 4 aromatic rings. The maximum absolute atomic E-state index is 4.88. The number of rotatable bonds is 3. The fourth-order valence-corrected chi connectivity index (χ4v) is 4.26. The lowest BCUT2D eigenvalue weighted by Gasteiger charge is -2.08. The number of thiol groups is 1. The van der Waals surface area contributed by atoms with Gasteiger partial charge in [0.15, 0.2) is 5.82 Å². The summed E-state index contributed by atoms with van der Waals surface area (Å²) in [5.41, 5.74) is 2.01. The molecule has 0 saturated heterocycles. The molecule has 0 N–H and O–H groups in total. The van der Waals surface area contributed by atoms with E-state index >= 15 is 0 Å². The van der Waals surface area contributed by atoms with E-state index in [1.54, 1.807) is 22.7 Å². The molecule has 0 fully saturated rings. The molecular weight excluding hydrogens is 328 g/mol. The van der Waals surface area contributed by atoms with E-state index in [9.17, 15) is 0 Å². The zero-order valence-electron chi connectivity index (χ0n) is 11.5. The number of para-hydroxylation sites is 1. The first kappa shape index (κ1) is 13.8. The molecule has 3 heterocycles.